The third-order valence-electron chi connectivity index (χ3n) is 4.43. The van der Waals surface area contributed by atoms with Crippen LogP contribution in [0.15, 0.2) is 23.5 Å². The number of ether oxygens (including phenoxy) is 1. The van der Waals surface area contributed by atoms with Crippen LogP contribution in [-0.2, 0) is 14.0 Å². The third-order valence-corrected chi connectivity index (χ3v) is 4.43. The molecule has 2 heterocycles. The van der Waals surface area contributed by atoms with Crippen LogP contribution in [0.25, 0.3) is 0 Å². The fourth-order valence-electron chi connectivity index (χ4n) is 2.25. The normalized spacial score (nSPS) is 24.8. The minimum Gasteiger partial charge on any atom is -0.499 e. The molecule has 0 amide bonds. The van der Waals surface area contributed by atoms with Crippen LogP contribution < -0.4 is 0 Å². The van der Waals surface area contributed by atoms with Crippen LogP contribution in [-0.4, -0.2) is 42.9 Å². The minimum atomic E-state index is -0.341. The Bertz CT molecular complexity index is 424. The molecule has 0 N–H and O–H groups in total. The zero-order chi connectivity index (χ0) is 15.1. The number of allylic oxidation sites excluding steroid dienone is 2. The fourth-order valence-corrected chi connectivity index (χ4v) is 2.25. The quantitative estimate of drug-likeness (QED) is 0.743. The van der Waals surface area contributed by atoms with E-state index in [1.807, 2.05) is 6.08 Å². The van der Waals surface area contributed by atoms with Gasteiger partial charge in [0.1, 0.15) is 5.76 Å². The minimum absolute atomic E-state index is 0.320. The molecule has 0 atom stereocenters. The van der Waals surface area contributed by atoms with Gasteiger partial charge in [-0.25, -0.2) is 0 Å². The van der Waals surface area contributed by atoms with E-state index in [-0.39, 0.29) is 18.3 Å². The summed E-state index contributed by atoms with van der Waals surface area (Å²) in [7, 11) is 1.36. The van der Waals surface area contributed by atoms with Crippen molar-refractivity contribution in [2.75, 3.05) is 13.7 Å². The molecule has 0 aromatic carbocycles. The fraction of sp³-hybridized carbons (Fsp3) is 0.733. The first-order valence-corrected chi connectivity index (χ1v) is 7.24. The van der Waals surface area contributed by atoms with Crippen molar-refractivity contribution in [2.45, 2.75) is 58.8 Å². The lowest BCUT2D eigenvalue weighted by Crippen LogP contribution is -2.41. The molecule has 0 aromatic heterocycles. The van der Waals surface area contributed by atoms with E-state index in [2.05, 4.69) is 52.6 Å². The van der Waals surface area contributed by atoms with Gasteiger partial charge in [0.25, 0.3) is 0 Å². The summed E-state index contributed by atoms with van der Waals surface area (Å²) in [5.74, 6) is 0.936. The maximum Gasteiger partial charge on any atom is 0.496 e. The maximum absolute atomic E-state index is 6.11. The molecule has 2 aliphatic rings. The predicted octanol–water partition coefficient (Wildman–Crippen LogP) is 2.76. The van der Waals surface area contributed by atoms with E-state index in [0.717, 1.165) is 17.8 Å². The highest BCUT2D eigenvalue weighted by Crippen LogP contribution is 2.39. The van der Waals surface area contributed by atoms with Gasteiger partial charge in [-0.2, -0.15) is 0 Å². The SMILES string of the molecule is COC1=CC(B2OC(C)(C)C(C)(C)O2)=CN(C(C)C)C1. The molecule has 2 rings (SSSR count). The standard InChI is InChI=1S/C15H26BNO3/c1-11(2)17-9-12(8-13(10-17)18-7)16-19-14(3,4)15(5,6)20-16/h8-9,11H,10H2,1-7H3. The molecular weight excluding hydrogens is 253 g/mol. The Kier molecular flexibility index (Phi) is 3.95. The number of hydrogen-bond donors (Lipinski definition) is 0. The van der Waals surface area contributed by atoms with Gasteiger partial charge in [-0.3, -0.25) is 0 Å². The van der Waals surface area contributed by atoms with Crippen molar-refractivity contribution in [3.8, 4) is 0 Å². The van der Waals surface area contributed by atoms with Crippen LogP contribution in [0, 0.1) is 0 Å². The molecule has 1 fully saturated rings. The summed E-state index contributed by atoms with van der Waals surface area (Å²) in [5, 5.41) is 0. The largest absolute Gasteiger partial charge is 0.499 e. The van der Waals surface area contributed by atoms with Crippen molar-refractivity contribution < 1.29 is 14.0 Å². The van der Waals surface area contributed by atoms with E-state index < -0.39 is 0 Å². The maximum atomic E-state index is 6.11. The van der Waals surface area contributed by atoms with E-state index >= 15 is 0 Å². The summed E-state index contributed by atoms with van der Waals surface area (Å²) in [6.45, 7) is 13.4. The van der Waals surface area contributed by atoms with E-state index in [1.165, 1.54) is 0 Å². The van der Waals surface area contributed by atoms with Gasteiger partial charge in [0, 0.05) is 11.5 Å². The van der Waals surface area contributed by atoms with Gasteiger partial charge in [0.2, 0.25) is 0 Å². The average molecular weight is 279 g/mol. The predicted molar refractivity (Wildman–Crippen MR) is 81.1 cm³/mol. The summed E-state index contributed by atoms with van der Waals surface area (Å²) in [4.78, 5) is 2.24. The van der Waals surface area contributed by atoms with Crippen molar-refractivity contribution >= 4 is 7.12 Å². The summed E-state index contributed by atoms with van der Waals surface area (Å²) in [5.41, 5.74) is 0.375. The second-order valence-corrected chi connectivity index (χ2v) is 6.80. The van der Waals surface area contributed by atoms with Crippen LogP contribution >= 0.6 is 0 Å². The summed E-state index contributed by atoms with van der Waals surface area (Å²) in [6, 6.07) is 0.409. The van der Waals surface area contributed by atoms with Gasteiger partial charge >= 0.3 is 7.12 Å². The van der Waals surface area contributed by atoms with Gasteiger partial charge < -0.3 is 18.9 Å². The van der Waals surface area contributed by atoms with Gasteiger partial charge in [-0.15, -0.1) is 0 Å². The third kappa shape index (κ3) is 2.74. The lowest BCUT2D eigenvalue weighted by Gasteiger charge is -2.32. The van der Waals surface area contributed by atoms with Crippen molar-refractivity contribution in [2.24, 2.45) is 0 Å². The Morgan fingerprint density at radius 2 is 1.75 bits per heavy atom. The zero-order valence-electron chi connectivity index (χ0n) is 13.7. The number of rotatable bonds is 3. The highest BCUT2D eigenvalue weighted by molar-refractivity contribution is 6.55. The van der Waals surface area contributed by atoms with E-state index in [9.17, 15) is 0 Å². The first kappa shape index (κ1) is 15.5. The molecule has 5 heteroatoms. The Balaban J connectivity index is 2.25. The molecule has 112 valence electrons. The molecular formula is C15H26BNO3. The lowest BCUT2D eigenvalue weighted by molar-refractivity contribution is 0.00578. The molecule has 0 aliphatic carbocycles. The Hall–Kier alpha value is -0.935. The number of nitrogens with zero attached hydrogens (tertiary/aromatic N) is 1. The Morgan fingerprint density at radius 1 is 1.20 bits per heavy atom. The van der Waals surface area contributed by atoms with Crippen LogP contribution in [0.4, 0.5) is 0 Å². The highest BCUT2D eigenvalue weighted by Gasteiger charge is 2.52. The zero-order valence-corrected chi connectivity index (χ0v) is 13.7. The van der Waals surface area contributed by atoms with E-state index in [0.29, 0.717) is 6.04 Å². The Morgan fingerprint density at radius 3 is 2.20 bits per heavy atom. The van der Waals surface area contributed by atoms with Crippen LogP contribution in [0.2, 0.25) is 0 Å². The second-order valence-electron chi connectivity index (χ2n) is 6.80. The lowest BCUT2D eigenvalue weighted by atomic mass is 9.77. The molecule has 2 aliphatic heterocycles. The van der Waals surface area contributed by atoms with Gasteiger partial charge in [-0.1, -0.05) is 0 Å². The molecule has 0 bridgehead atoms. The number of methoxy groups -OCH3 is 1. The van der Waals surface area contributed by atoms with Crippen LogP contribution in [0.3, 0.4) is 0 Å². The van der Waals surface area contributed by atoms with Crippen molar-refractivity contribution in [1.82, 2.24) is 4.90 Å². The molecule has 0 radical (unpaired) electrons. The van der Waals surface area contributed by atoms with Crippen LogP contribution in [0.1, 0.15) is 41.5 Å². The van der Waals surface area contributed by atoms with Gasteiger partial charge in [-0.05, 0) is 53.8 Å². The van der Waals surface area contributed by atoms with E-state index in [4.69, 9.17) is 14.0 Å². The first-order valence-electron chi connectivity index (χ1n) is 7.24. The molecule has 0 saturated carbocycles. The Labute approximate surface area is 122 Å². The van der Waals surface area contributed by atoms with Crippen molar-refractivity contribution in [3.05, 3.63) is 23.5 Å². The van der Waals surface area contributed by atoms with Crippen molar-refractivity contribution in [1.29, 1.82) is 0 Å². The van der Waals surface area contributed by atoms with E-state index in [1.54, 1.807) is 7.11 Å². The molecule has 1 saturated heterocycles. The summed E-state index contributed by atoms with van der Waals surface area (Å²) >= 11 is 0. The van der Waals surface area contributed by atoms with Crippen molar-refractivity contribution in [3.63, 3.8) is 0 Å². The molecule has 0 spiro atoms. The summed E-state index contributed by atoms with van der Waals surface area (Å²) < 4.78 is 17.6. The number of hydrogen-bond acceptors (Lipinski definition) is 4. The molecule has 0 unspecified atom stereocenters. The molecule has 0 aromatic rings. The second kappa shape index (κ2) is 5.12. The molecule has 20 heavy (non-hydrogen) atoms. The topological polar surface area (TPSA) is 30.9 Å². The smallest absolute Gasteiger partial charge is 0.496 e. The summed E-state index contributed by atoms with van der Waals surface area (Å²) in [6.07, 6.45) is 4.15. The van der Waals surface area contributed by atoms with Crippen LogP contribution in [0.5, 0.6) is 0 Å². The van der Waals surface area contributed by atoms with Gasteiger partial charge in [0.05, 0.1) is 24.9 Å². The highest BCUT2D eigenvalue weighted by atomic mass is 16.7. The first-order chi connectivity index (χ1) is 9.16. The average Bonchev–Trinajstić information content (AvgIpc) is 2.58. The monoisotopic (exact) mass is 279 g/mol. The molecule has 4 nitrogen and oxygen atoms in total. The van der Waals surface area contributed by atoms with Gasteiger partial charge in [0.15, 0.2) is 0 Å².